The van der Waals surface area contributed by atoms with E-state index in [1.807, 2.05) is 0 Å². The van der Waals surface area contributed by atoms with Crippen molar-refractivity contribution in [1.82, 2.24) is 0 Å². The van der Waals surface area contributed by atoms with Crippen molar-refractivity contribution < 1.29 is 14.3 Å². The van der Waals surface area contributed by atoms with E-state index in [-0.39, 0.29) is 24.4 Å². The minimum atomic E-state index is -0.357. The fourth-order valence-corrected chi connectivity index (χ4v) is 3.25. The number of hydrogen-bond donors (Lipinski definition) is 1. The van der Waals surface area contributed by atoms with E-state index in [1.54, 1.807) is 24.3 Å². The Morgan fingerprint density at radius 3 is 2.81 bits per heavy atom. The molecule has 1 aromatic rings. The van der Waals surface area contributed by atoms with Gasteiger partial charge in [0.05, 0.1) is 5.92 Å². The van der Waals surface area contributed by atoms with Gasteiger partial charge in [-0.2, -0.15) is 0 Å². The predicted octanol–water partition coefficient (Wildman–Crippen LogP) is 3.03. The van der Waals surface area contributed by atoms with Crippen LogP contribution < -0.4 is 5.32 Å². The first-order valence-electron chi connectivity index (χ1n) is 7.02. The van der Waals surface area contributed by atoms with Crippen LogP contribution in [0.3, 0.4) is 0 Å². The molecule has 0 heterocycles. The number of anilines is 1. The molecule has 2 bridgehead atoms. The van der Waals surface area contributed by atoms with E-state index in [0.717, 1.165) is 12.8 Å². The van der Waals surface area contributed by atoms with Gasteiger partial charge in [-0.25, -0.2) is 0 Å². The molecule has 21 heavy (non-hydrogen) atoms. The van der Waals surface area contributed by atoms with Gasteiger partial charge in [0.2, 0.25) is 0 Å². The van der Waals surface area contributed by atoms with Gasteiger partial charge in [-0.05, 0) is 42.9 Å². The fourth-order valence-electron chi connectivity index (χ4n) is 3.06. The molecule has 0 aromatic heterocycles. The van der Waals surface area contributed by atoms with Gasteiger partial charge in [0, 0.05) is 10.7 Å². The summed E-state index contributed by atoms with van der Waals surface area (Å²) in [7, 11) is 0. The summed E-state index contributed by atoms with van der Waals surface area (Å²) in [5, 5.41) is 3.19. The molecule has 2 aliphatic carbocycles. The first-order chi connectivity index (χ1) is 10.1. The molecule has 0 radical (unpaired) electrons. The zero-order valence-corrected chi connectivity index (χ0v) is 12.2. The van der Waals surface area contributed by atoms with Gasteiger partial charge < -0.3 is 10.1 Å². The van der Waals surface area contributed by atoms with Crippen LogP contribution in [0, 0.1) is 17.8 Å². The molecule has 1 amide bonds. The van der Waals surface area contributed by atoms with Crippen LogP contribution in [0.2, 0.25) is 5.02 Å². The zero-order chi connectivity index (χ0) is 14.8. The Bertz CT molecular complexity index is 599. The highest BCUT2D eigenvalue weighted by Gasteiger charge is 2.40. The molecule has 1 saturated carbocycles. The highest BCUT2D eigenvalue weighted by atomic mass is 35.5. The lowest BCUT2D eigenvalue weighted by Gasteiger charge is -2.16. The molecule has 5 heteroatoms. The number of carbonyl (C=O) groups excluding carboxylic acids is 2. The molecule has 3 rings (SSSR count). The Morgan fingerprint density at radius 1 is 1.29 bits per heavy atom. The number of fused-ring (bicyclic) bond motifs is 2. The van der Waals surface area contributed by atoms with Crippen LogP contribution in [-0.2, 0) is 14.3 Å². The smallest absolute Gasteiger partial charge is 0.310 e. The number of hydrogen-bond acceptors (Lipinski definition) is 3. The summed E-state index contributed by atoms with van der Waals surface area (Å²) in [5.41, 5.74) is 0.589. The molecule has 0 unspecified atom stereocenters. The number of allylic oxidation sites excluding steroid dienone is 2. The number of benzene rings is 1. The maximum absolute atomic E-state index is 12.0. The maximum atomic E-state index is 12.0. The maximum Gasteiger partial charge on any atom is 0.310 e. The van der Waals surface area contributed by atoms with E-state index in [1.165, 1.54) is 0 Å². The second-order valence-electron chi connectivity index (χ2n) is 5.55. The molecule has 1 aromatic carbocycles. The Balaban J connectivity index is 1.47. The van der Waals surface area contributed by atoms with Gasteiger partial charge in [0.25, 0.3) is 5.91 Å². The van der Waals surface area contributed by atoms with E-state index in [2.05, 4.69) is 17.5 Å². The molecular formula is C16H16ClNO3. The van der Waals surface area contributed by atoms with Gasteiger partial charge in [0.15, 0.2) is 6.61 Å². The summed E-state index contributed by atoms with van der Waals surface area (Å²) in [5.74, 6) is 0.0858. The zero-order valence-electron chi connectivity index (χ0n) is 11.4. The minimum Gasteiger partial charge on any atom is -0.455 e. The fraction of sp³-hybridized carbons (Fsp3) is 0.375. The normalized spacial score (nSPS) is 25.9. The monoisotopic (exact) mass is 305 g/mol. The lowest BCUT2D eigenvalue weighted by Crippen LogP contribution is -2.26. The number of halogens is 1. The Morgan fingerprint density at radius 2 is 2.14 bits per heavy atom. The largest absolute Gasteiger partial charge is 0.455 e. The van der Waals surface area contributed by atoms with Crippen molar-refractivity contribution in [3.63, 3.8) is 0 Å². The van der Waals surface area contributed by atoms with Crippen molar-refractivity contribution >= 4 is 29.2 Å². The SMILES string of the molecule is O=C(COC(=O)[C@@H]1C[C@@H]2C=C[C@H]1C2)Nc1cccc(Cl)c1. The molecule has 1 fully saturated rings. The molecule has 3 atom stereocenters. The highest BCUT2D eigenvalue weighted by Crippen LogP contribution is 2.43. The van der Waals surface area contributed by atoms with Crippen LogP contribution in [0.5, 0.6) is 0 Å². The third-order valence-electron chi connectivity index (χ3n) is 4.04. The van der Waals surface area contributed by atoms with Gasteiger partial charge in [-0.1, -0.05) is 29.8 Å². The van der Waals surface area contributed by atoms with Gasteiger partial charge in [0.1, 0.15) is 0 Å². The van der Waals surface area contributed by atoms with Crippen LogP contribution in [0.25, 0.3) is 0 Å². The third kappa shape index (κ3) is 3.27. The second-order valence-corrected chi connectivity index (χ2v) is 5.99. The van der Waals surface area contributed by atoms with Crippen molar-refractivity contribution in [2.75, 3.05) is 11.9 Å². The van der Waals surface area contributed by atoms with Crippen LogP contribution in [0.15, 0.2) is 36.4 Å². The Kier molecular flexibility index (Phi) is 3.97. The lowest BCUT2D eigenvalue weighted by atomic mass is 9.94. The van der Waals surface area contributed by atoms with Crippen molar-refractivity contribution in [2.24, 2.45) is 17.8 Å². The quantitative estimate of drug-likeness (QED) is 0.687. The average molecular weight is 306 g/mol. The van der Waals surface area contributed by atoms with Crippen molar-refractivity contribution in [2.45, 2.75) is 12.8 Å². The molecule has 110 valence electrons. The van der Waals surface area contributed by atoms with Crippen LogP contribution in [0.4, 0.5) is 5.69 Å². The van der Waals surface area contributed by atoms with Gasteiger partial charge in [-0.15, -0.1) is 0 Å². The lowest BCUT2D eigenvalue weighted by molar-refractivity contribution is -0.152. The second kappa shape index (κ2) is 5.90. The average Bonchev–Trinajstić information content (AvgIpc) is 3.07. The molecule has 0 spiro atoms. The number of amides is 1. The molecule has 1 N–H and O–H groups in total. The standard InChI is InChI=1S/C16H16ClNO3/c17-12-2-1-3-13(8-12)18-15(19)9-21-16(20)14-7-10-4-5-11(14)6-10/h1-5,8,10-11,14H,6-7,9H2,(H,18,19)/t10-,11+,14-/m1/s1. The molecular weight excluding hydrogens is 290 g/mol. The summed E-state index contributed by atoms with van der Waals surface area (Å²) in [4.78, 5) is 23.7. The first kappa shape index (κ1) is 14.1. The van der Waals surface area contributed by atoms with Crippen LogP contribution in [0.1, 0.15) is 12.8 Å². The Labute approximate surface area is 128 Å². The van der Waals surface area contributed by atoms with Crippen molar-refractivity contribution in [3.05, 3.63) is 41.4 Å². The summed E-state index contributed by atoms with van der Waals surface area (Å²) in [6, 6.07) is 6.83. The number of esters is 1. The van der Waals surface area contributed by atoms with E-state index in [9.17, 15) is 9.59 Å². The minimum absolute atomic E-state index is 0.0843. The third-order valence-corrected chi connectivity index (χ3v) is 4.27. The first-order valence-corrected chi connectivity index (χ1v) is 7.40. The van der Waals surface area contributed by atoms with E-state index in [4.69, 9.17) is 16.3 Å². The predicted molar refractivity (Wildman–Crippen MR) is 79.9 cm³/mol. The molecule has 4 nitrogen and oxygen atoms in total. The van der Waals surface area contributed by atoms with Crippen LogP contribution in [-0.4, -0.2) is 18.5 Å². The number of nitrogens with one attached hydrogen (secondary N) is 1. The topological polar surface area (TPSA) is 55.4 Å². The summed E-state index contributed by atoms with van der Waals surface area (Å²) in [6.07, 6.45) is 6.14. The van der Waals surface area contributed by atoms with E-state index >= 15 is 0 Å². The molecule has 2 aliphatic rings. The Hall–Kier alpha value is -1.81. The number of ether oxygens (including phenoxy) is 1. The van der Waals surface area contributed by atoms with E-state index in [0.29, 0.717) is 22.5 Å². The van der Waals surface area contributed by atoms with Gasteiger partial charge in [-0.3, -0.25) is 9.59 Å². The number of rotatable bonds is 4. The summed E-state index contributed by atoms with van der Waals surface area (Å²) in [6.45, 7) is -0.261. The van der Waals surface area contributed by atoms with Gasteiger partial charge >= 0.3 is 5.97 Å². The van der Waals surface area contributed by atoms with Crippen molar-refractivity contribution in [3.8, 4) is 0 Å². The highest BCUT2D eigenvalue weighted by molar-refractivity contribution is 6.30. The molecule has 0 aliphatic heterocycles. The number of carbonyl (C=O) groups is 2. The molecule has 0 saturated heterocycles. The summed E-state index contributed by atoms with van der Waals surface area (Å²) < 4.78 is 5.12. The van der Waals surface area contributed by atoms with Crippen LogP contribution >= 0.6 is 11.6 Å². The van der Waals surface area contributed by atoms with Crippen molar-refractivity contribution in [1.29, 1.82) is 0 Å². The summed E-state index contributed by atoms with van der Waals surface area (Å²) >= 11 is 5.83. The van der Waals surface area contributed by atoms with E-state index < -0.39 is 0 Å².